The van der Waals surface area contributed by atoms with Gasteiger partial charge in [0.05, 0.1) is 0 Å². The van der Waals surface area contributed by atoms with Crippen molar-refractivity contribution in [2.24, 2.45) is 0 Å². The van der Waals surface area contributed by atoms with E-state index in [9.17, 15) is 9.90 Å². The molecule has 13 heavy (non-hydrogen) atoms. The molecule has 0 saturated carbocycles. The first-order chi connectivity index (χ1) is 6.18. The lowest BCUT2D eigenvalue weighted by Crippen LogP contribution is -2.49. The van der Waals surface area contributed by atoms with Crippen molar-refractivity contribution in [2.45, 2.75) is 12.2 Å². The van der Waals surface area contributed by atoms with Crippen LogP contribution in [0.3, 0.4) is 0 Å². The molecule has 0 aromatic heterocycles. The zero-order valence-corrected chi connectivity index (χ0v) is 6.73. The fraction of sp³-hybridized carbons (Fsp3) is 0.222. The Morgan fingerprint density at radius 2 is 2.15 bits per heavy atom. The number of benzene rings is 1. The fourth-order valence-electron chi connectivity index (χ4n) is 1.56. The first kappa shape index (κ1) is 8.37. The van der Waals surface area contributed by atoms with Gasteiger partial charge in [0.1, 0.15) is 0 Å². The maximum atomic E-state index is 11.7. The fourth-order valence-corrected chi connectivity index (χ4v) is 1.56. The minimum Gasteiger partial charge on any atom is -0.773 e. The minimum atomic E-state index is -2.28. The number of aliphatic hydroxyl groups is 1. The van der Waals surface area contributed by atoms with E-state index in [0.29, 0.717) is 5.56 Å². The van der Waals surface area contributed by atoms with Gasteiger partial charge in [-0.15, -0.1) is 5.26 Å². The maximum Gasteiger partial charge on any atom is 0.233 e. The van der Waals surface area contributed by atoms with E-state index < -0.39 is 11.6 Å². The second-order valence-corrected chi connectivity index (χ2v) is 3.00. The van der Waals surface area contributed by atoms with Crippen LogP contribution in [0.4, 0.5) is 0 Å². The first-order valence-corrected chi connectivity index (χ1v) is 3.87. The number of hydrogen-bond acceptors (Lipinski definition) is 3. The van der Waals surface area contributed by atoms with Crippen LogP contribution in [0.5, 0.6) is 0 Å². The van der Waals surface area contributed by atoms with Gasteiger partial charge in [0.15, 0.2) is 0 Å². The van der Waals surface area contributed by atoms with Crippen molar-refractivity contribution in [3.8, 4) is 0 Å². The maximum absolute atomic E-state index is 11.7. The lowest BCUT2D eigenvalue weighted by atomic mass is 10.1. The second kappa shape index (κ2) is 2.63. The molecule has 0 amide bonds. The number of ketones is 1. The largest absolute Gasteiger partial charge is 0.773 e. The van der Waals surface area contributed by atoms with Gasteiger partial charge in [-0.3, -0.25) is 4.79 Å². The van der Waals surface area contributed by atoms with Crippen LogP contribution in [0, 0.1) is 0 Å². The van der Waals surface area contributed by atoms with E-state index >= 15 is 0 Å². The second-order valence-electron chi connectivity index (χ2n) is 3.00. The molecule has 68 valence electrons. The molecule has 1 unspecified atom stereocenters. The number of hydrogen-bond donors (Lipinski definition) is 1. The molecule has 1 aromatic carbocycles. The van der Waals surface area contributed by atoms with E-state index in [-0.39, 0.29) is 12.0 Å². The molecule has 2 N–H and O–H groups in total. The van der Waals surface area contributed by atoms with Crippen LogP contribution in [-0.4, -0.2) is 15.9 Å². The molecule has 1 aliphatic carbocycles. The predicted octanol–water partition coefficient (Wildman–Crippen LogP) is -0.674. The third-order valence-corrected chi connectivity index (χ3v) is 2.25. The molecule has 0 saturated heterocycles. The zero-order chi connectivity index (χ0) is 9.47. The summed E-state index contributed by atoms with van der Waals surface area (Å²) in [7, 11) is 0. The average Bonchev–Trinajstić information content (AvgIpc) is 2.41. The van der Waals surface area contributed by atoms with Gasteiger partial charge in [-0.1, -0.05) is 24.3 Å². The van der Waals surface area contributed by atoms with Crippen LogP contribution in [0.1, 0.15) is 11.1 Å². The highest BCUT2D eigenvalue weighted by atomic mass is 17.1. The highest BCUT2D eigenvalue weighted by molar-refractivity contribution is 5.92. The summed E-state index contributed by atoms with van der Waals surface area (Å²) in [5.41, 5.74) is 0.919. The van der Waals surface area contributed by atoms with Gasteiger partial charge >= 0.3 is 0 Å². The summed E-state index contributed by atoms with van der Waals surface area (Å²) in [6, 6.07) is 6.61. The Labute approximate surface area is 74.3 Å². The molecular weight excluding hydrogens is 172 g/mol. The topological polar surface area (TPSA) is 73.2 Å². The molecule has 0 bridgehead atoms. The average molecular weight is 180 g/mol. The number of carbonyl (C=O) groups excluding carboxylic acids is 1. The molecule has 0 heterocycles. The standard InChI is InChI=1S/C9H7O4/c10-8-5-6-3-1-2-4-7(6)9(8,11)13-12/h1-4,12H,5H2/q-1/p+1. The quantitative estimate of drug-likeness (QED) is 0.269. The van der Waals surface area contributed by atoms with Gasteiger partial charge in [-0.05, 0) is 5.56 Å². The third-order valence-electron chi connectivity index (χ3n) is 2.25. The molecule has 0 radical (unpaired) electrons. The highest BCUT2D eigenvalue weighted by Crippen LogP contribution is 2.30. The van der Waals surface area contributed by atoms with Crippen LogP contribution in [0.25, 0.3) is 0 Å². The smallest absolute Gasteiger partial charge is 0.233 e. The Morgan fingerprint density at radius 1 is 1.46 bits per heavy atom. The summed E-state index contributed by atoms with van der Waals surface area (Å²) < 4.78 is 0. The van der Waals surface area contributed by atoms with Gasteiger partial charge in [0.2, 0.25) is 11.6 Å². The molecule has 0 spiro atoms. The van der Waals surface area contributed by atoms with Crippen LogP contribution in [-0.2, 0) is 17.0 Å². The summed E-state index contributed by atoms with van der Waals surface area (Å²) in [6.07, 6.45) is 0.0593. The lowest BCUT2D eigenvalue weighted by Gasteiger charge is -2.24. The van der Waals surface area contributed by atoms with Gasteiger partial charge in [0.25, 0.3) is 0 Å². The predicted molar refractivity (Wildman–Crippen MR) is 41.7 cm³/mol. The van der Waals surface area contributed by atoms with Crippen LogP contribution >= 0.6 is 0 Å². The zero-order valence-electron chi connectivity index (χ0n) is 6.73. The van der Waals surface area contributed by atoms with Crippen molar-refractivity contribution in [3.05, 3.63) is 35.4 Å². The van der Waals surface area contributed by atoms with Gasteiger partial charge in [-0.2, -0.15) is 0 Å². The van der Waals surface area contributed by atoms with E-state index in [1.165, 1.54) is 6.07 Å². The normalized spacial score (nSPS) is 26.2. The van der Waals surface area contributed by atoms with Crippen LogP contribution in [0.15, 0.2) is 24.3 Å². The van der Waals surface area contributed by atoms with E-state index in [0.717, 1.165) is 0 Å². The van der Waals surface area contributed by atoms with Gasteiger partial charge in [-0.25, -0.2) is 4.89 Å². The van der Waals surface area contributed by atoms with Crippen molar-refractivity contribution < 1.29 is 20.0 Å². The van der Waals surface area contributed by atoms with Gasteiger partial charge in [0, 0.05) is 12.0 Å². The molecular formula is C9H8O4. The Kier molecular flexibility index (Phi) is 1.69. The molecule has 4 nitrogen and oxygen atoms in total. The van der Waals surface area contributed by atoms with Crippen LogP contribution < -0.4 is 5.11 Å². The number of fused-ring (bicyclic) bond motifs is 1. The Morgan fingerprint density at radius 3 is 2.85 bits per heavy atom. The van der Waals surface area contributed by atoms with E-state index in [1.54, 1.807) is 18.2 Å². The highest BCUT2D eigenvalue weighted by Gasteiger charge is 2.43. The molecule has 1 aromatic rings. The van der Waals surface area contributed by atoms with E-state index in [4.69, 9.17) is 5.26 Å². The number of carbonyl (C=O) groups is 1. The van der Waals surface area contributed by atoms with Crippen molar-refractivity contribution in [1.82, 2.24) is 0 Å². The number of Topliss-reactive ketones (excluding diaryl/α,β-unsaturated/α-hetero) is 1. The Hall–Kier alpha value is -1.23. The van der Waals surface area contributed by atoms with Crippen LogP contribution in [0.2, 0.25) is 0 Å². The summed E-state index contributed by atoms with van der Waals surface area (Å²) >= 11 is 0. The van der Waals surface area contributed by atoms with Crippen molar-refractivity contribution >= 4 is 5.78 Å². The summed E-state index contributed by atoms with van der Waals surface area (Å²) in [5.74, 6) is -2.88. The number of rotatable bonds is 1. The molecule has 4 heteroatoms. The Bertz CT molecular complexity index is 360. The first-order valence-electron chi connectivity index (χ1n) is 3.87. The Balaban J connectivity index is 2.59. The van der Waals surface area contributed by atoms with E-state index in [1.807, 2.05) is 0 Å². The lowest BCUT2D eigenvalue weighted by molar-refractivity contribution is -0.657. The third kappa shape index (κ3) is 1.00. The molecule has 0 aliphatic heterocycles. The summed E-state index contributed by atoms with van der Waals surface area (Å²) in [5, 5.41) is 20.2. The molecule has 0 fully saturated rings. The molecule has 1 atom stereocenters. The summed E-state index contributed by atoms with van der Waals surface area (Å²) in [4.78, 5) is 13.9. The van der Waals surface area contributed by atoms with E-state index in [2.05, 4.69) is 4.89 Å². The minimum absolute atomic E-state index is 0.0593. The van der Waals surface area contributed by atoms with Crippen molar-refractivity contribution in [1.29, 1.82) is 0 Å². The van der Waals surface area contributed by atoms with Gasteiger partial charge < -0.3 is 5.11 Å². The van der Waals surface area contributed by atoms with Crippen molar-refractivity contribution in [2.75, 3.05) is 0 Å². The summed E-state index contributed by atoms with van der Waals surface area (Å²) in [6.45, 7) is 0. The monoisotopic (exact) mass is 180 g/mol. The van der Waals surface area contributed by atoms with Crippen molar-refractivity contribution in [3.63, 3.8) is 0 Å². The molecule has 2 rings (SSSR count). The SMILES string of the molecule is O=C1Cc2ccccc2C1([O-])[OH+]O. The molecule has 1 aliphatic rings.